The van der Waals surface area contributed by atoms with E-state index in [1.807, 2.05) is 0 Å². The lowest BCUT2D eigenvalue weighted by Gasteiger charge is -2.06. The van der Waals surface area contributed by atoms with Crippen LogP contribution in [-0.4, -0.2) is 25.2 Å². The minimum absolute atomic E-state index is 0.0955. The topological polar surface area (TPSA) is 52.6 Å². The highest BCUT2D eigenvalue weighted by Crippen LogP contribution is 2.13. The van der Waals surface area contributed by atoms with Crippen LogP contribution in [0.4, 0.5) is 0 Å². The van der Waals surface area contributed by atoms with Crippen molar-refractivity contribution in [3.8, 4) is 0 Å². The molecule has 190 valence electrons. The van der Waals surface area contributed by atoms with Crippen molar-refractivity contribution >= 4 is 11.9 Å². The zero-order valence-electron chi connectivity index (χ0n) is 21.6. The predicted octanol–water partition coefficient (Wildman–Crippen LogP) is 8.69. The van der Waals surface area contributed by atoms with Crippen molar-refractivity contribution in [3.63, 3.8) is 0 Å². The van der Waals surface area contributed by atoms with Gasteiger partial charge in [0.2, 0.25) is 0 Å². The lowest BCUT2D eigenvalue weighted by Crippen LogP contribution is -2.07. The Bertz CT molecular complexity index is 408. The summed E-state index contributed by atoms with van der Waals surface area (Å²) in [4.78, 5) is 23.3. The Morgan fingerprint density at radius 3 is 1.09 bits per heavy atom. The van der Waals surface area contributed by atoms with E-state index in [-0.39, 0.29) is 11.9 Å². The van der Waals surface area contributed by atoms with Crippen molar-refractivity contribution in [3.05, 3.63) is 0 Å². The number of hydrogen-bond donors (Lipinski definition) is 0. The van der Waals surface area contributed by atoms with Gasteiger partial charge in [-0.3, -0.25) is 9.59 Å². The fraction of sp³-hybridized carbons (Fsp3) is 0.929. The zero-order valence-corrected chi connectivity index (χ0v) is 21.6. The van der Waals surface area contributed by atoms with Crippen LogP contribution in [0.1, 0.15) is 155 Å². The Kier molecular flexibility index (Phi) is 25.3. The third-order valence-electron chi connectivity index (χ3n) is 6.03. The molecule has 0 saturated carbocycles. The number of esters is 2. The Morgan fingerprint density at radius 1 is 0.406 bits per heavy atom. The van der Waals surface area contributed by atoms with Gasteiger partial charge in [-0.25, -0.2) is 0 Å². The number of ether oxygens (including phenoxy) is 2. The number of carbonyl (C=O) groups excluding carboxylic acids is 2. The highest BCUT2D eigenvalue weighted by molar-refractivity contribution is 5.69. The van der Waals surface area contributed by atoms with E-state index in [9.17, 15) is 9.59 Å². The van der Waals surface area contributed by atoms with E-state index >= 15 is 0 Å². The van der Waals surface area contributed by atoms with Gasteiger partial charge < -0.3 is 9.47 Å². The first-order valence-electron chi connectivity index (χ1n) is 14.0. The van der Waals surface area contributed by atoms with Gasteiger partial charge >= 0.3 is 11.9 Å². The molecule has 32 heavy (non-hydrogen) atoms. The highest BCUT2D eigenvalue weighted by atomic mass is 16.5. The average molecular weight is 455 g/mol. The molecule has 0 aromatic carbocycles. The van der Waals surface area contributed by atoms with E-state index in [0.717, 1.165) is 51.4 Å². The maximum Gasteiger partial charge on any atom is 0.305 e. The largest absolute Gasteiger partial charge is 0.466 e. The molecular weight excluding hydrogens is 400 g/mol. The van der Waals surface area contributed by atoms with Gasteiger partial charge in [-0.1, -0.05) is 117 Å². The van der Waals surface area contributed by atoms with Crippen molar-refractivity contribution in [2.24, 2.45) is 0 Å². The molecule has 0 rings (SSSR count). The van der Waals surface area contributed by atoms with Crippen LogP contribution in [0.5, 0.6) is 0 Å². The normalized spacial score (nSPS) is 10.9. The van der Waals surface area contributed by atoms with E-state index in [4.69, 9.17) is 9.47 Å². The first-order valence-corrected chi connectivity index (χ1v) is 14.0. The van der Waals surface area contributed by atoms with Crippen LogP contribution in [0, 0.1) is 0 Å². The van der Waals surface area contributed by atoms with Crippen molar-refractivity contribution < 1.29 is 19.1 Å². The Hall–Kier alpha value is -1.06. The molecule has 0 aromatic heterocycles. The fourth-order valence-electron chi connectivity index (χ4n) is 3.88. The fourth-order valence-corrected chi connectivity index (χ4v) is 3.88. The van der Waals surface area contributed by atoms with E-state index < -0.39 is 0 Å². The zero-order chi connectivity index (χ0) is 23.5. The predicted molar refractivity (Wildman–Crippen MR) is 135 cm³/mol. The molecule has 0 saturated heterocycles. The van der Waals surface area contributed by atoms with Gasteiger partial charge in [-0.05, 0) is 25.7 Å². The summed E-state index contributed by atoms with van der Waals surface area (Å²) in [5.74, 6) is -0.205. The summed E-state index contributed by atoms with van der Waals surface area (Å²) in [6, 6.07) is 0. The second kappa shape index (κ2) is 26.2. The first kappa shape index (κ1) is 30.9. The minimum atomic E-state index is -0.110. The number of hydrogen-bond acceptors (Lipinski definition) is 4. The molecule has 0 heterocycles. The van der Waals surface area contributed by atoms with Gasteiger partial charge in [0.1, 0.15) is 0 Å². The van der Waals surface area contributed by atoms with Crippen LogP contribution in [-0.2, 0) is 19.1 Å². The lowest BCUT2D eigenvalue weighted by molar-refractivity contribution is -0.144. The van der Waals surface area contributed by atoms with E-state index in [1.54, 1.807) is 0 Å². The van der Waals surface area contributed by atoms with Gasteiger partial charge in [0.05, 0.1) is 13.2 Å². The smallest absolute Gasteiger partial charge is 0.305 e. The van der Waals surface area contributed by atoms with Crippen LogP contribution >= 0.6 is 0 Å². The molecule has 0 unspecified atom stereocenters. The summed E-state index contributed by atoms with van der Waals surface area (Å²) in [6.07, 6.45) is 25.2. The van der Waals surface area contributed by atoms with Gasteiger partial charge in [0.25, 0.3) is 0 Å². The molecule has 4 nitrogen and oxygen atoms in total. The standard InChI is InChI=1S/C28H54O4/c1-3-5-7-8-9-10-11-12-13-14-15-16-17-22-26-32-28(30)24-20-18-19-23-27(29)31-25-21-6-4-2/h3-26H2,1-2H3. The molecule has 4 heteroatoms. The molecule has 0 aliphatic heterocycles. The summed E-state index contributed by atoms with van der Waals surface area (Å²) >= 11 is 0. The molecule has 0 radical (unpaired) electrons. The summed E-state index contributed by atoms with van der Waals surface area (Å²) in [7, 11) is 0. The van der Waals surface area contributed by atoms with Gasteiger partial charge in [0, 0.05) is 12.8 Å². The van der Waals surface area contributed by atoms with Crippen LogP contribution < -0.4 is 0 Å². The van der Waals surface area contributed by atoms with E-state index in [0.29, 0.717) is 26.1 Å². The van der Waals surface area contributed by atoms with Crippen molar-refractivity contribution in [2.75, 3.05) is 13.2 Å². The molecule has 0 amide bonds. The average Bonchev–Trinajstić information content (AvgIpc) is 2.79. The SMILES string of the molecule is CCCCCCCCCCCCCCCCOC(=O)CCCCCC(=O)OCCCCC. The number of rotatable bonds is 25. The maximum absolute atomic E-state index is 11.8. The molecule has 0 aliphatic rings. The van der Waals surface area contributed by atoms with E-state index in [2.05, 4.69) is 13.8 Å². The van der Waals surface area contributed by atoms with Crippen LogP contribution in [0.15, 0.2) is 0 Å². The Morgan fingerprint density at radius 2 is 0.688 bits per heavy atom. The molecule has 0 fully saturated rings. The van der Waals surface area contributed by atoms with Crippen LogP contribution in [0.3, 0.4) is 0 Å². The second-order valence-electron chi connectivity index (χ2n) is 9.30. The highest BCUT2D eigenvalue weighted by Gasteiger charge is 2.05. The molecule has 0 aromatic rings. The second-order valence-corrected chi connectivity index (χ2v) is 9.30. The monoisotopic (exact) mass is 454 g/mol. The maximum atomic E-state index is 11.8. The number of carbonyl (C=O) groups is 2. The van der Waals surface area contributed by atoms with Gasteiger partial charge in [-0.2, -0.15) is 0 Å². The number of unbranched alkanes of at least 4 members (excludes halogenated alkanes) is 17. The summed E-state index contributed by atoms with van der Waals surface area (Å²) < 4.78 is 10.5. The third kappa shape index (κ3) is 25.2. The molecule has 0 atom stereocenters. The Labute approximate surface area is 199 Å². The first-order chi connectivity index (χ1) is 15.7. The summed E-state index contributed by atoms with van der Waals surface area (Å²) in [5.41, 5.74) is 0. The summed E-state index contributed by atoms with van der Waals surface area (Å²) in [5, 5.41) is 0. The molecule has 0 bridgehead atoms. The summed E-state index contributed by atoms with van der Waals surface area (Å²) in [6.45, 7) is 5.50. The minimum Gasteiger partial charge on any atom is -0.466 e. The molecule has 0 aliphatic carbocycles. The quantitative estimate of drug-likeness (QED) is 0.102. The van der Waals surface area contributed by atoms with E-state index in [1.165, 1.54) is 77.0 Å². The third-order valence-corrected chi connectivity index (χ3v) is 6.03. The van der Waals surface area contributed by atoms with Crippen LogP contribution in [0.25, 0.3) is 0 Å². The van der Waals surface area contributed by atoms with Crippen molar-refractivity contribution in [2.45, 2.75) is 155 Å². The van der Waals surface area contributed by atoms with Gasteiger partial charge in [-0.15, -0.1) is 0 Å². The van der Waals surface area contributed by atoms with Crippen molar-refractivity contribution in [1.29, 1.82) is 0 Å². The lowest BCUT2D eigenvalue weighted by atomic mass is 10.0. The van der Waals surface area contributed by atoms with Crippen molar-refractivity contribution in [1.82, 2.24) is 0 Å². The Balaban J connectivity index is 3.23. The van der Waals surface area contributed by atoms with Gasteiger partial charge in [0.15, 0.2) is 0 Å². The van der Waals surface area contributed by atoms with Crippen LogP contribution in [0.2, 0.25) is 0 Å². The molecule has 0 spiro atoms. The molecule has 0 N–H and O–H groups in total. The molecular formula is C28H54O4.